The second-order valence-electron chi connectivity index (χ2n) is 5.23. The highest BCUT2D eigenvalue weighted by molar-refractivity contribution is 5.76. The number of nitrogens with zero attached hydrogens (tertiary/aromatic N) is 1. The van der Waals surface area contributed by atoms with Crippen molar-refractivity contribution in [3.8, 4) is 5.75 Å². The molecule has 1 aromatic rings. The summed E-state index contributed by atoms with van der Waals surface area (Å²) >= 11 is 0. The second kappa shape index (κ2) is 7.85. The highest BCUT2D eigenvalue weighted by atomic mass is 16.5. The van der Waals surface area contributed by atoms with Gasteiger partial charge in [-0.05, 0) is 31.3 Å². The maximum atomic E-state index is 11.7. The molecule has 21 heavy (non-hydrogen) atoms. The fraction of sp³-hybridized carbons (Fsp3) is 0.533. The van der Waals surface area contributed by atoms with Crippen molar-refractivity contribution in [3.05, 3.63) is 24.3 Å². The molecular weight excluding hydrogens is 270 g/mol. The topological polar surface area (TPSA) is 76.8 Å². The van der Waals surface area contributed by atoms with Crippen molar-refractivity contribution in [2.75, 3.05) is 45.6 Å². The van der Waals surface area contributed by atoms with E-state index >= 15 is 0 Å². The molecule has 1 atom stereocenters. The minimum Gasteiger partial charge on any atom is -0.493 e. The van der Waals surface area contributed by atoms with E-state index in [1.807, 2.05) is 0 Å². The Morgan fingerprint density at radius 3 is 2.95 bits per heavy atom. The lowest BCUT2D eigenvalue weighted by molar-refractivity contribution is -0.122. The van der Waals surface area contributed by atoms with Crippen molar-refractivity contribution in [1.82, 2.24) is 10.2 Å². The summed E-state index contributed by atoms with van der Waals surface area (Å²) in [5.41, 5.74) is 6.28. The van der Waals surface area contributed by atoms with Gasteiger partial charge in [-0.25, -0.2) is 0 Å². The quantitative estimate of drug-likeness (QED) is 0.746. The summed E-state index contributed by atoms with van der Waals surface area (Å²) in [6, 6.07) is 7.12. The minimum absolute atomic E-state index is 0.0257. The van der Waals surface area contributed by atoms with Crippen LogP contribution in [0.3, 0.4) is 0 Å². The lowest BCUT2D eigenvalue weighted by Gasteiger charge is -2.30. The van der Waals surface area contributed by atoms with Gasteiger partial charge >= 0.3 is 0 Å². The summed E-state index contributed by atoms with van der Waals surface area (Å²) in [6.45, 7) is 3.41. The maximum absolute atomic E-state index is 11.7. The molecule has 116 valence electrons. The third-order valence-electron chi connectivity index (χ3n) is 3.35. The van der Waals surface area contributed by atoms with Gasteiger partial charge < -0.3 is 25.4 Å². The number of carbonyl (C=O) groups excluding carboxylic acids is 1. The molecular formula is C15H23N3O3. The number of nitrogens with two attached hydrogens (primary N) is 1. The number of rotatable bonds is 6. The molecule has 1 aliphatic rings. The average Bonchev–Trinajstić information content (AvgIpc) is 2.47. The molecule has 1 saturated heterocycles. The summed E-state index contributed by atoms with van der Waals surface area (Å²) in [5.74, 6) is 0.691. The molecule has 1 aromatic carbocycles. The van der Waals surface area contributed by atoms with Crippen LogP contribution in [0.1, 0.15) is 6.42 Å². The number of likely N-dealkylation sites (N-methyl/N-ethyl adjacent to an activating group) is 1. The van der Waals surface area contributed by atoms with Crippen LogP contribution in [0, 0.1) is 0 Å². The highest BCUT2D eigenvalue weighted by Crippen LogP contribution is 2.13. The molecule has 3 N–H and O–H groups in total. The van der Waals surface area contributed by atoms with Gasteiger partial charge in [0.25, 0.3) is 0 Å². The van der Waals surface area contributed by atoms with Crippen molar-refractivity contribution in [3.63, 3.8) is 0 Å². The van der Waals surface area contributed by atoms with Crippen molar-refractivity contribution >= 4 is 11.6 Å². The lowest BCUT2D eigenvalue weighted by atomic mass is 10.2. The van der Waals surface area contributed by atoms with Gasteiger partial charge in [-0.2, -0.15) is 0 Å². The van der Waals surface area contributed by atoms with Crippen LogP contribution in [-0.2, 0) is 9.53 Å². The third-order valence-corrected chi connectivity index (χ3v) is 3.35. The Labute approximate surface area is 125 Å². The summed E-state index contributed by atoms with van der Waals surface area (Å²) in [4.78, 5) is 13.9. The van der Waals surface area contributed by atoms with Gasteiger partial charge in [0.1, 0.15) is 5.75 Å². The summed E-state index contributed by atoms with van der Waals surface area (Å²) < 4.78 is 11.1. The molecule has 1 fully saturated rings. The SMILES string of the molecule is CN1CCOC(CNC(=O)CCOc2ccc(N)cc2)C1. The first-order chi connectivity index (χ1) is 10.1. The highest BCUT2D eigenvalue weighted by Gasteiger charge is 2.17. The van der Waals surface area contributed by atoms with E-state index in [9.17, 15) is 4.79 Å². The number of morpholine rings is 1. The zero-order valence-electron chi connectivity index (χ0n) is 12.4. The first kappa shape index (κ1) is 15.6. The number of benzene rings is 1. The molecule has 0 aliphatic carbocycles. The van der Waals surface area contributed by atoms with E-state index in [4.69, 9.17) is 15.2 Å². The van der Waals surface area contributed by atoms with Crippen molar-refractivity contribution in [2.45, 2.75) is 12.5 Å². The van der Waals surface area contributed by atoms with Gasteiger partial charge in [0.05, 0.1) is 25.7 Å². The van der Waals surface area contributed by atoms with Gasteiger partial charge in [0, 0.05) is 25.3 Å². The van der Waals surface area contributed by atoms with Crippen LogP contribution < -0.4 is 15.8 Å². The second-order valence-corrected chi connectivity index (χ2v) is 5.23. The molecule has 0 spiro atoms. The molecule has 2 rings (SSSR count). The fourth-order valence-corrected chi connectivity index (χ4v) is 2.13. The summed E-state index contributed by atoms with van der Waals surface area (Å²) in [6.07, 6.45) is 0.401. The lowest BCUT2D eigenvalue weighted by Crippen LogP contribution is -2.46. The molecule has 0 aromatic heterocycles. The Bertz CT molecular complexity index is 450. The Morgan fingerprint density at radius 2 is 2.24 bits per heavy atom. The monoisotopic (exact) mass is 293 g/mol. The van der Waals surface area contributed by atoms with Gasteiger partial charge in [0.15, 0.2) is 0 Å². The molecule has 1 heterocycles. The maximum Gasteiger partial charge on any atom is 0.223 e. The predicted octanol–water partition coefficient (Wildman–Crippen LogP) is 0.485. The molecule has 6 nitrogen and oxygen atoms in total. The number of ether oxygens (including phenoxy) is 2. The normalized spacial score (nSPS) is 19.2. The van der Waals surface area contributed by atoms with Gasteiger partial charge in [0.2, 0.25) is 5.91 Å². The number of carbonyl (C=O) groups is 1. The van der Waals surface area contributed by atoms with Crippen LogP contribution in [0.2, 0.25) is 0 Å². The van der Waals surface area contributed by atoms with Crippen molar-refractivity contribution in [2.24, 2.45) is 0 Å². The van der Waals surface area contributed by atoms with E-state index in [2.05, 4.69) is 17.3 Å². The zero-order chi connectivity index (χ0) is 15.1. The Balaban J connectivity index is 1.60. The number of anilines is 1. The summed E-state index contributed by atoms with van der Waals surface area (Å²) in [7, 11) is 2.05. The van der Waals surface area contributed by atoms with E-state index in [0.717, 1.165) is 19.7 Å². The number of hydrogen-bond donors (Lipinski definition) is 2. The fourth-order valence-electron chi connectivity index (χ4n) is 2.13. The van der Waals surface area contributed by atoms with Crippen LogP contribution in [-0.4, -0.2) is 56.8 Å². The number of nitrogen functional groups attached to an aromatic ring is 1. The number of amides is 1. The molecule has 0 saturated carbocycles. The van der Waals surface area contributed by atoms with Gasteiger partial charge in [-0.3, -0.25) is 4.79 Å². The summed E-state index contributed by atoms with van der Waals surface area (Å²) in [5, 5.41) is 2.88. The van der Waals surface area contributed by atoms with Crippen LogP contribution >= 0.6 is 0 Å². The molecule has 1 unspecified atom stereocenters. The largest absolute Gasteiger partial charge is 0.493 e. The van der Waals surface area contributed by atoms with Crippen LogP contribution in [0.15, 0.2) is 24.3 Å². The standard InChI is InChI=1S/C15H23N3O3/c1-18-7-9-21-14(11-18)10-17-15(19)6-8-20-13-4-2-12(16)3-5-13/h2-5,14H,6-11,16H2,1H3,(H,17,19). The van der Waals surface area contributed by atoms with E-state index in [0.29, 0.717) is 31.0 Å². The Hall–Kier alpha value is -1.79. The third kappa shape index (κ3) is 5.61. The first-order valence-electron chi connectivity index (χ1n) is 7.18. The van der Waals surface area contributed by atoms with Crippen molar-refractivity contribution < 1.29 is 14.3 Å². The smallest absolute Gasteiger partial charge is 0.223 e. The van der Waals surface area contributed by atoms with Crippen LogP contribution in [0.5, 0.6) is 5.75 Å². The van der Waals surface area contributed by atoms with E-state index < -0.39 is 0 Å². The van der Waals surface area contributed by atoms with Crippen LogP contribution in [0.4, 0.5) is 5.69 Å². The molecule has 6 heteroatoms. The van der Waals surface area contributed by atoms with Gasteiger partial charge in [-0.1, -0.05) is 0 Å². The molecule has 1 amide bonds. The first-order valence-corrected chi connectivity index (χ1v) is 7.18. The van der Waals surface area contributed by atoms with E-state index in [1.54, 1.807) is 24.3 Å². The van der Waals surface area contributed by atoms with E-state index in [1.165, 1.54) is 0 Å². The average molecular weight is 293 g/mol. The van der Waals surface area contributed by atoms with Gasteiger partial charge in [-0.15, -0.1) is 0 Å². The van der Waals surface area contributed by atoms with Crippen molar-refractivity contribution in [1.29, 1.82) is 0 Å². The number of nitrogens with one attached hydrogen (secondary N) is 1. The zero-order valence-corrected chi connectivity index (χ0v) is 12.4. The molecule has 1 aliphatic heterocycles. The Morgan fingerprint density at radius 1 is 1.48 bits per heavy atom. The predicted molar refractivity (Wildman–Crippen MR) is 81.2 cm³/mol. The van der Waals surface area contributed by atoms with E-state index in [-0.39, 0.29) is 12.0 Å². The number of hydrogen-bond acceptors (Lipinski definition) is 5. The molecule has 0 bridgehead atoms. The minimum atomic E-state index is -0.0257. The molecule has 0 radical (unpaired) electrons. The Kier molecular flexibility index (Phi) is 5.83. The van der Waals surface area contributed by atoms with Crippen LogP contribution in [0.25, 0.3) is 0 Å².